The summed E-state index contributed by atoms with van der Waals surface area (Å²) in [5.41, 5.74) is 1.55. The van der Waals surface area contributed by atoms with E-state index < -0.39 is 0 Å². The fourth-order valence-electron chi connectivity index (χ4n) is 2.57. The van der Waals surface area contributed by atoms with Crippen molar-refractivity contribution in [2.45, 2.75) is 26.2 Å². The number of rotatable bonds is 7. The third-order valence-electron chi connectivity index (χ3n) is 4.12. The Balaban J connectivity index is 1.99. The van der Waals surface area contributed by atoms with Crippen molar-refractivity contribution in [2.24, 2.45) is 5.92 Å². The molecule has 0 aliphatic carbocycles. The van der Waals surface area contributed by atoms with E-state index in [1.54, 1.807) is 6.07 Å². The molecule has 0 fully saturated rings. The second-order valence-electron chi connectivity index (χ2n) is 5.91. The Morgan fingerprint density at radius 3 is 2.36 bits per heavy atom. The number of carbonyl (C=O) groups is 2. The lowest BCUT2D eigenvalue weighted by Crippen LogP contribution is -2.27. The second-order valence-corrected chi connectivity index (χ2v) is 6.76. The van der Waals surface area contributed by atoms with Crippen LogP contribution in [-0.2, 0) is 14.3 Å². The van der Waals surface area contributed by atoms with Crippen molar-refractivity contribution in [3.63, 3.8) is 0 Å². The molecule has 0 radical (unpaired) electrons. The first-order valence-corrected chi connectivity index (χ1v) is 9.08. The van der Waals surface area contributed by atoms with E-state index in [-0.39, 0.29) is 30.3 Å². The molecule has 2 aromatic rings. The number of halogens is 1. The first-order chi connectivity index (χ1) is 12.0. The molecule has 0 unspecified atom stereocenters. The quantitative estimate of drug-likeness (QED) is 0.677. The van der Waals surface area contributed by atoms with Crippen LogP contribution >= 0.6 is 15.9 Å². The zero-order valence-electron chi connectivity index (χ0n) is 14.4. The molecule has 2 aromatic carbocycles. The Kier molecular flexibility index (Phi) is 7.19. The van der Waals surface area contributed by atoms with Crippen LogP contribution in [0.15, 0.2) is 59.1 Å². The molecule has 0 aliphatic heterocycles. The Bertz CT molecular complexity index is 718. The Labute approximate surface area is 156 Å². The number of esters is 1. The van der Waals surface area contributed by atoms with E-state index in [2.05, 4.69) is 21.2 Å². The lowest BCUT2D eigenvalue weighted by molar-refractivity contribution is -0.150. The summed E-state index contributed by atoms with van der Waals surface area (Å²) in [4.78, 5) is 24.6. The van der Waals surface area contributed by atoms with Crippen LogP contribution in [0.4, 0.5) is 5.69 Å². The summed E-state index contributed by atoms with van der Waals surface area (Å²) >= 11 is 3.36. The van der Waals surface area contributed by atoms with E-state index in [9.17, 15) is 9.59 Å². The largest absolute Gasteiger partial charge is 0.455 e. The molecule has 0 heterocycles. The number of para-hydroxylation sites is 1. The lowest BCUT2D eigenvalue weighted by atomic mass is 9.86. The fourth-order valence-corrected chi connectivity index (χ4v) is 2.95. The van der Waals surface area contributed by atoms with Crippen LogP contribution < -0.4 is 5.32 Å². The third kappa shape index (κ3) is 5.43. The minimum Gasteiger partial charge on any atom is -0.455 e. The molecule has 0 saturated heterocycles. The Hall–Kier alpha value is -2.14. The molecular weight excluding hydrogens is 382 g/mol. The van der Waals surface area contributed by atoms with Crippen LogP contribution in [-0.4, -0.2) is 18.5 Å². The van der Waals surface area contributed by atoms with Gasteiger partial charge < -0.3 is 10.1 Å². The SMILES string of the molecule is CC[C@H](C)[C@@H](C(=O)OCC(=O)Nc1ccccc1Br)c1ccccc1. The minimum atomic E-state index is -0.373. The van der Waals surface area contributed by atoms with Gasteiger partial charge in [0, 0.05) is 4.47 Å². The Morgan fingerprint density at radius 1 is 1.08 bits per heavy atom. The van der Waals surface area contributed by atoms with Crippen LogP contribution in [0, 0.1) is 5.92 Å². The molecule has 2 rings (SSSR count). The maximum atomic E-state index is 12.6. The zero-order valence-corrected chi connectivity index (χ0v) is 16.0. The van der Waals surface area contributed by atoms with E-state index in [4.69, 9.17) is 4.74 Å². The first-order valence-electron chi connectivity index (χ1n) is 8.29. The predicted molar refractivity (Wildman–Crippen MR) is 102 cm³/mol. The number of ether oxygens (including phenoxy) is 1. The molecule has 0 aromatic heterocycles. The van der Waals surface area contributed by atoms with E-state index in [1.165, 1.54) is 0 Å². The topological polar surface area (TPSA) is 55.4 Å². The van der Waals surface area contributed by atoms with Crippen molar-refractivity contribution >= 4 is 33.5 Å². The molecule has 25 heavy (non-hydrogen) atoms. The van der Waals surface area contributed by atoms with Gasteiger partial charge in [-0.1, -0.05) is 62.7 Å². The van der Waals surface area contributed by atoms with Crippen LogP contribution in [0.3, 0.4) is 0 Å². The maximum Gasteiger partial charge on any atom is 0.314 e. The summed E-state index contributed by atoms with van der Waals surface area (Å²) < 4.78 is 6.06. The van der Waals surface area contributed by atoms with Gasteiger partial charge in [0.25, 0.3) is 5.91 Å². The highest BCUT2D eigenvalue weighted by Crippen LogP contribution is 2.28. The first kappa shape index (κ1) is 19.2. The summed E-state index contributed by atoms with van der Waals surface area (Å²) in [5.74, 6) is -0.984. The number of hydrogen-bond acceptors (Lipinski definition) is 3. The lowest BCUT2D eigenvalue weighted by Gasteiger charge is -2.21. The molecule has 0 saturated carbocycles. The summed E-state index contributed by atoms with van der Waals surface area (Å²) in [6.07, 6.45) is 0.845. The van der Waals surface area contributed by atoms with Crippen molar-refractivity contribution in [3.05, 3.63) is 64.6 Å². The van der Waals surface area contributed by atoms with Crippen LogP contribution in [0.25, 0.3) is 0 Å². The average Bonchev–Trinajstić information content (AvgIpc) is 2.63. The number of hydrogen-bond donors (Lipinski definition) is 1. The maximum absolute atomic E-state index is 12.6. The van der Waals surface area contributed by atoms with Gasteiger partial charge in [0.15, 0.2) is 6.61 Å². The summed E-state index contributed by atoms with van der Waals surface area (Å²) in [6.45, 7) is 3.74. The zero-order chi connectivity index (χ0) is 18.2. The number of anilines is 1. The van der Waals surface area contributed by atoms with E-state index in [1.807, 2.05) is 62.4 Å². The van der Waals surface area contributed by atoms with Gasteiger partial charge in [-0.05, 0) is 39.5 Å². The highest BCUT2D eigenvalue weighted by molar-refractivity contribution is 9.10. The van der Waals surface area contributed by atoms with Gasteiger partial charge in [-0.25, -0.2) is 0 Å². The molecule has 0 bridgehead atoms. The van der Waals surface area contributed by atoms with Gasteiger partial charge >= 0.3 is 5.97 Å². The van der Waals surface area contributed by atoms with Crippen molar-refractivity contribution in [3.8, 4) is 0 Å². The van der Waals surface area contributed by atoms with Crippen LogP contribution in [0.2, 0.25) is 0 Å². The molecular formula is C20H22BrNO3. The monoisotopic (exact) mass is 403 g/mol. The van der Waals surface area contributed by atoms with E-state index >= 15 is 0 Å². The van der Waals surface area contributed by atoms with Gasteiger partial charge in [0.1, 0.15) is 0 Å². The fraction of sp³-hybridized carbons (Fsp3) is 0.300. The molecule has 132 valence electrons. The molecule has 2 atom stereocenters. The standard InChI is InChI=1S/C20H22BrNO3/c1-3-14(2)19(15-9-5-4-6-10-15)20(24)25-13-18(23)22-17-12-8-7-11-16(17)21/h4-12,14,19H,3,13H2,1-2H3,(H,22,23)/t14-,19+/m0/s1. The molecule has 0 aliphatic rings. The van der Waals surface area contributed by atoms with Gasteiger partial charge in [-0.2, -0.15) is 0 Å². The summed E-state index contributed by atoms with van der Waals surface area (Å²) in [7, 11) is 0. The normalized spacial score (nSPS) is 12.9. The van der Waals surface area contributed by atoms with Gasteiger partial charge in [0.2, 0.25) is 0 Å². The summed E-state index contributed by atoms with van der Waals surface area (Å²) in [5, 5.41) is 2.72. The predicted octanol–water partition coefficient (Wildman–Crippen LogP) is 4.76. The van der Waals surface area contributed by atoms with Crippen molar-refractivity contribution in [2.75, 3.05) is 11.9 Å². The van der Waals surface area contributed by atoms with Crippen LogP contribution in [0.5, 0.6) is 0 Å². The number of nitrogens with one attached hydrogen (secondary N) is 1. The van der Waals surface area contributed by atoms with Crippen molar-refractivity contribution in [1.82, 2.24) is 0 Å². The number of carbonyl (C=O) groups excluding carboxylic acids is 2. The highest BCUT2D eigenvalue weighted by atomic mass is 79.9. The molecule has 1 N–H and O–H groups in total. The van der Waals surface area contributed by atoms with Gasteiger partial charge in [-0.15, -0.1) is 0 Å². The average molecular weight is 404 g/mol. The molecule has 1 amide bonds. The highest BCUT2D eigenvalue weighted by Gasteiger charge is 2.27. The van der Waals surface area contributed by atoms with Gasteiger partial charge in [-0.3, -0.25) is 9.59 Å². The molecule has 4 nitrogen and oxygen atoms in total. The molecule has 5 heteroatoms. The van der Waals surface area contributed by atoms with Crippen molar-refractivity contribution < 1.29 is 14.3 Å². The Morgan fingerprint density at radius 2 is 1.72 bits per heavy atom. The van der Waals surface area contributed by atoms with Crippen LogP contribution in [0.1, 0.15) is 31.7 Å². The van der Waals surface area contributed by atoms with E-state index in [0.717, 1.165) is 16.5 Å². The van der Waals surface area contributed by atoms with Gasteiger partial charge in [0.05, 0.1) is 11.6 Å². The third-order valence-corrected chi connectivity index (χ3v) is 4.81. The van der Waals surface area contributed by atoms with Crippen molar-refractivity contribution in [1.29, 1.82) is 0 Å². The summed E-state index contributed by atoms with van der Waals surface area (Å²) in [6, 6.07) is 16.8. The minimum absolute atomic E-state index is 0.126. The smallest absolute Gasteiger partial charge is 0.314 e. The van der Waals surface area contributed by atoms with E-state index in [0.29, 0.717) is 5.69 Å². The molecule has 0 spiro atoms. The number of benzene rings is 2. The second kappa shape index (κ2) is 9.37. The number of amides is 1.